The van der Waals surface area contributed by atoms with E-state index in [0.717, 1.165) is 0 Å². The number of hydrogen-bond acceptors (Lipinski definition) is 3. The van der Waals surface area contributed by atoms with Crippen molar-refractivity contribution in [2.24, 2.45) is 0 Å². The van der Waals surface area contributed by atoms with E-state index in [4.69, 9.17) is 5.11 Å². The van der Waals surface area contributed by atoms with E-state index < -0.39 is 16.8 Å². The minimum absolute atomic E-state index is 0.104. The summed E-state index contributed by atoms with van der Waals surface area (Å²) in [6, 6.07) is 4.50. The summed E-state index contributed by atoms with van der Waals surface area (Å²) in [4.78, 5) is 22.3. The van der Waals surface area contributed by atoms with E-state index >= 15 is 0 Å². The summed E-state index contributed by atoms with van der Waals surface area (Å²) in [7, 11) is -0.0681. The number of aromatic carboxylic acids is 1. The second-order valence-electron chi connectivity index (χ2n) is 3.44. The number of carbonyl (C=O) groups excluding carboxylic acids is 1. The van der Waals surface area contributed by atoms with Crippen LogP contribution in [0.2, 0.25) is 0 Å². The number of carboxylic acid groups (broad SMARTS) is 1. The average molecular weight is 255 g/mol. The Morgan fingerprint density at radius 1 is 1.41 bits per heavy atom. The first-order valence-electron chi connectivity index (χ1n) is 4.88. The number of rotatable bonds is 4. The molecule has 1 aromatic rings. The van der Waals surface area contributed by atoms with Gasteiger partial charge in [0.05, 0.1) is 16.4 Å². The van der Waals surface area contributed by atoms with E-state index in [1.165, 1.54) is 13.1 Å². The van der Waals surface area contributed by atoms with Gasteiger partial charge in [-0.1, -0.05) is 6.07 Å². The number of nitrogens with one attached hydrogen (secondary N) is 1. The predicted octanol–water partition coefficient (Wildman–Crippen LogP) is 0.547. The second kappa shape index (κ2) is 5.58. The molecule has 0 aromatic heterocycles. The molecule has 1 unspecified atom stereocenters. The highest BCUT2D eigenvalue weighted by Gasteiger charge is 2.13. The summed E-state index contributed by atoms with van der Waals surface area (Å²) in [6.45, 7) is 1.66. The fraction of sp³-hybridized carbons (Fsp3) is 0.273. The van der Waals surface area contributed by atoms with Crippen LogP contribution in [0.1, 0.15) is 15.9 Å². The minimum Gasteiger partial charge on any atom is -0.478 e. The van der Waals surface area contributed by atoms with Crippen LogP contribution in [0, 0.1) is 6.92 Å². The predicted molar refractivity (Wildman–Crippen MR) is 63.5 cm³/mol. The van der Waals surface area contributed by atoms with E-state index in [1.807, 2.05) is 0 Å². The van der Waals surface area contributed by atoms with Crippen molar-refractivity contribution in [3.63, 3.8) is 0 Å². The largest absolute Gasteiger partial charge is 0.478 e. The van der Waals surface area contributed by atoms with Crippen molar-refractivity contribution < 1.29 is 18.9 Å². The van der Waals surface area contributed by atoms with Crippen LogP contribution in [0.15, 0.2) is 23.1 Å². The van der Waals surface area contributed by atoms with Crippen molar-refractivity contribution in [1.82, 2.24) is 5.32 Å². The molecule has 92 valence electrons. The molecule has 0 aliphatic carbocycles. The maximum atomic E-state index is 11.8. The maximum Gasteiger partial charge on any atom is 0.335 e. The minimum atomic E-state index is -1.52. The van der Waals surface area contributed by atoms with Crippen molar-refractivity contribution >= 4 is 22.7 Å². The molecule has 0 fully saturated rings. The van der Waals surface area contributed by atoms with Crippen LogP contribution < -0.4 is 5.32 Å². The van der Waals surface area contributed by atoms with Gasteiger partial charge in [0.25, 0.3) is 0 Å². The first kappa shape index (κ1) is 13.4. The van der Waals surface area contributed by atoms with Crippen LogP contribution in [0.25, 0.3) is 0 Å². The number of hydrogen-bond donors (Lipinski definition) is 2. The molecule has 0 saturated carbocycles. The molecule has 17 heavy (non-hydrogen) atoms. The molecule has 2 N–H and O–H groups in total. The quantitative estimate of drug-likeness (QED) is 0.822. The molecule has 5 nitrogen and oxygen atoms in total. The van der Waals surface area contributed by atoms with E-state index in [1.54, 1.807) is 19.1 Å². The molecule has 1 atom stereocenters. The Balaban J connectivity index is 3.00. The second-order valence-corrected chi connectivity index (χ2v) is 4.90. The van der Waals surface area contributed by atoms with Crippen molar-refractivity contribution in [2.45, 2.75) is 11.8 Å². The Kier molecular flexibility index (Phi) is 4.39. The highest BCUT2D eigenvalue weighted by atomic mass is 32.2. The van der Waals surface area contributed by atoms with Crippen LogP contribution in [-0.2, 0) is 15.6 Å². The lowest BCUT2D eigenvalue weighted by Gasteiger charge is -2.05. The Labute approximate surface area is 101 Å². The number of amides is 1. The van der Waals surface area contributed by atoms with Gasteiger partial charge in [0.2, 0.25) is 5.91 Å². The molecule has 0 spiro atoms. The summed E-state index contributed by atoms with van der Waals surface area (Å²) in [5, 5.41) is 11.3. The zero-order valence-electron chi connectivity index (χ0n) is 9.52. The first-order chi connectivity index (χ1) is 7.95. The lowest BCUT2D eigenvalue weighted by atomic mass is 10.1. The van der Waals surface area contributed by atoms with Gasteiger partial charge >= 0.3 is 5.97 Å². The lowest BCUT2D eigenvalue weighted by Crippen LogP contribution is -2.24. The third-order valence-corrected chi connectivity index (χ3v) is 3.55. The van der Waals surface area contributed by atoms with Crippen molar-refractivity contribution in [3.8, 4) is 0 Å². The molecular formula is C11H13NO4S. The molecule has 0 heterocycles. The third-order valence-electron chi connectivity index (χ3n) is 2.24. The molecule has 1 aromatic carbocycles. The smallest absolute Gasteiger partial charge is 0.335 e. The monoisotopic (exact) mass is 255 g/mol. The summed E-state index contributed by atoms with van der Waals surface area (Å²) < 4.78 is 11.8. The standard InChI is InChI=1S/C11H13NO4S/c1-7-3-4-8(5-9(7)11(14)15)17(16)6-10(13)12-2/h3-5H,6H2,1-2H3,(H,12,13)(H,14,15). The Morgan fingerprint density at radius 2 is 2.06 bits per heavy atom. The van der Waals surface area contributed by atoms with Gasteiger partial charge in [-0.15, -0.1) is 0 Å². The Morgan fingerprint density at radius 3 is 2.59 bits per heavy atom. The van der Waals surface area contributed by atoms with Gasteiger partial charge in [-0.25, -0.2) is 4.79 Å². The summed E-state index contributed by atoms with van der Waals surface area (Å²) >= 11 is 0. The summed E-state index contributed by atoms with van der Waals surface area (Å²) in [5.41, 5.74) is 0.700. The van der Waals surface area contributed by atoms with E-state index in [0.29, 0.717) is 10.5 Å². The summed E-state index contributed by atoms with van der Waals surface area (Å²) in [5.74, 6) is -1.58. The molecule has 1 amide bonds. The topological polar surface area (TPSA) is 83.5 Å². The fourth-order valence-corrected chi connectivity index (χ4v) is 2.27. The van der Waals surface area contributed by atoms with Gasteiger partial charge in [-0.05, 0) is 24.6 Å². The number of aryl methyl sites for hydroxylation is 1. The molecule has 0 bridgehead atoms. The fourth-order valence-electron chi connectivity index (χ4n) is 1.25. The average Bonchev–Trinajstić information content (AvgIpc) is 2.28. The molecular weight excluding hydrogens is 242 g/mol. The van der Waals surface area contributed by atoms with Crippen LogP contribution >= 0.6 is 0 Å². The zero-order valence-corrected chi connectivity index (χ0v) is 10.3. The van der Waals surface area contributed by atoms with Crippen LogP contribution in [0.5, 0.6) is 0 Å². The van der Waals surface area contributed by atoms with E-state index in [-0.39, 0.29) is 17.2 Å². The Bertz CT molecular complexity index is 484. The highest BCUT2D eigenvalue weighted by Crippen LogP contribution is 2.14. The summed E-state index contributed by atoms with van der Waals surface area (Å²) in [6.07, 6.45) is 0. The van der Waals surface area contributed by atoms with Crippen LogP contribution in [0.4, 0.5) is 0 Å². The van der Waals surface area contributed by atoms with E-state index in [2.05, 4.69) is 5.32 Å². The number of carboxylic acids is 1. The van der Waals surface area contributed by atoms with Gasteiger partial charge in [-0.2, -0.15) is 0 Å². The Hall–Kier alpha value is -1.69. The third kappa shape index (κ3) is 3.39. The van der Waals surface area contributed by atoms with Crippen molar-refractivity contribution in [1.29, 1.82) is 0 Å². The van der Waals surface area contributed by atoms with Crippen LogP contribution in [-0.4, -0.2) is 34.0 Å². The normalized spacial score (nSPS) is 11.9. The molecule has 0 saturated heterocycles. The molecule has 0 radical (unpaired) electrons. The van der Waals surface area contributed by atoms with Crippen molar-refractivity contribution in [2.75, 3.05) is 12.8 Å². The lowest BCUT2D eigenvalue weighted by molar-refractivity contribution is -0.118. The van der Waals surface area contributed by atoms with Crippen LogP contribution in [0.3, 0.4) is 0 Å². The van der Waals surface area contributed by atoms with Gasteiger partial charge < -0.3 is 10.4 Å². The molecule has 1 rings (SSSR count). The van der Waals surface area contributed by atoms with Gasteiger partial charge in [0.15, 0.2) is 0 Å². The SMILES string of the molecule is CNC(=O)CS(=O)c1ccc(C)c(C(=O)O)c1. The number of benzene rings is 1. The van der Waals surface area contributed by atoms with Gasteiger partial charge in [0, 0.05) is 11.9 Å². The molecule has 0 aliphatic heterocycles. The van der Waals surface area contributed by atoms with E-state index in [9.17, 15) is 13.8 Å². The van der Waals surface area contributed by atoms with Gasteiger partial charge in [0.1, 0.15) is 5.75 Å². The maximum absolute atomic E-state index is 11.8. The number of carbonyl (C=O) groups is 2. The molecule has 0 aliphatic rings. The van der Waals surface area contributed by atoms with Gasteiger partial charge in [-0.3, -0.25) is 9.00 Å². The zero-order chi connectivity index (χ0) is 13.0. The first-order valence-corrected chi connectivity index (χ1v) is 6.20. The highest BCUT2D eigenvalue weighted by molar-refractivity contribution is 7.85. The van der Waals surface area contributed by atoms with Crippen molar-refractivity contribution in [3.05, 3.63) is 29.3 Å². The molecule has 6 heteroatoms.